The lowest BCUT2D eigenvalue weighted by atomic mass is 9.95. The topological polar surface area (TPSA) is 75.4 Å². The number of amides is 2. The van der Waals surface area contributed by atoms with Gasteiger partial charge in [0, 0.05) is 35.9 Å². The van der Waals surface area contributed by atoms with E-state index in [4.69, 9.17) is 5.73 Å². The number of para-hydroxylation sites is 1. The Morgan fingerprint density at radius 2 is 1.96 bits per heavy atom. The number of anilines is 1. The van der Waals surface area contributed by atoms with E-state index in [9.17, 15) is 9.59 Å². The molecule has 3 N–H and O–H groups in total. The van der Waals surface area contributed by atoms with Gasteiger partial charge in [-0.25, -0.2) is 0 Å². The SMILES string of the molecule is CC(CN)C(=O)N1CCC(C(=O)Nc2ccccc2Br)CC1.Cl. The normalized spacial score (nSPS) is 16.4. The van der Waals surface area contributed by atoms with Gasteiger partial charge in [0.05, 0.1) is 5.69 Å². The van der Waals surface area contributed by atoms with Gasteiger partial charge in [0.25, 0.3) is 0 Å². The minimum absolute atomic E-state index is 0. The summed E-state index contributed by atoms with van der Waals surface area (Å²) in [6, 6.07) is 7.55. The number of rotatable bonds is 4. The lowest BCUT2D eigenvalue weighted by molar-refractivity contribution is -0.137. The average Bonchev–Trinajstić information content (AvgIpc) is 2.55. The maximum atomic E-state index is 12.3. The summed E-state index contributed by atoms with van der Waals surface area (Å²) in [4.78, 5) is 26.2. The van der Waals surface area contributed by atoms with Crippen LogP contribution in [-0.4, -0.2) is 36.3 Å². The Labute approximate surface area is 151 Å². The molecule has 0 spiro atoms. The molecule has 0 aromatic heterocycles. The van der Waals surface area contributed by atoms with Gasteiger partial charge in [-0.2, -0.15) is 0 Å². The minimum atomic E-state index is -0.148. The van der Waals surface area contributed by atoms with Crippen LogP contribution in [0.3, 0.4) is 0 Å². The van der Waals surface area contributed by atoms with Crippen LogP contribution < -0.4 is 11.1 Å². The summed E-state index contributed by atoms with van der Waals surface area (Å²) in [5.41, 5.74) is 6.32. The van der Waals surface area contributed by atoms with Crippen molar-refractivity contribution in [1.29, 1.82) is 0 Å². The molecule has 1 aromatic rings. The Hall–Kier alpha value is -1.11. The van der Waals surface area contributed by atoms with Crippen molar-refractivity contribution in [3.8, 4) is 0 Å². The number of halogens is 2. The molecule has 128 valence electrons. The highest BCUT2D eigenvalue weighted by Gasteiger charge is 2.29. The highest BCUT2D eigenvalue weighted by atomic mass is 79.9. The first-order valence-corrected chi connectivity index (χ1v) is 8.36. The number of piperidine rings is 1. The fourth-order valence-electron chi connectivity index (χ4n) is 2.57. The molecule has 23 heavy (non-hydrogen) atoms. The summed E-state index contributed by atoms with van der Waals surface area (Å²) < 4.78 is 0.868. The number of carbonyl (C=O) groups is 2. The van der Waals surface area contributed by atoms with E-state index in [1.54, 1.807) is 0 Å². The van der Waals surface area contributed by atoms with Crippen molar-refractivity contribution in [3.05, 3.63) is 28.7 Å². The molecule has 2 rings (SSSR count). The number of hydrogen-bond donors (Lipinski definition) is 2. The predicted octanol–water partition coefficient (Wildman–Crippen LogP) is 2.64. The number of benzene rings is 1. The summed E-state index contributed by atoms with van der Waals surface area (Å²) in [6.07, 6.45) is 1.39. The van der Waals surface area contributed by atoms with Crippen LogP contribution in [0.1, 0.15) is 19.8 Å². The molecule has 0 aliphatic carbocycles. The molecule has 0 bridgehead atoms. The molecule has 5 nitrogen and oxygen atoms in total. The number of hydrogen-bond acceptors (Lipinski definition) is 3. The lowest BCUT2D eigenvalue weighted by Crippen LogP contribution is -2.44. The van der Waals surface area contributed by atoms with Crippen molar-refractivity contribution < 1.29 is 9.59 Å². The van der Waals surface area contributed by atoms with E-state index in [1.807, 2.05) is 36.1 Å². The third kappa shape index (κ3) is 5.19. The summed E-state index contributed by atoms with van der Waals surface area (Å²) in [7, 11) is 0. The molecule has 1 aliphatic heterocycles. The van der Waals surface area contributed by atoms with Gasteiger partial charge in [-0.3, -0.25) is 9.59 Å². The summed E-state index contributed by atoms with van der Waals surface area (Å²) >= 11 is 3.42. The Bertz CT molecular complexity index is 548. The lowest BCUT2D eigenvalue weighted by Gasteiger charge is -2.32. The van der Waals surface area contributed by atoms with Gasteiger partial charge in [-0.05, 0) is 40.9 Å². The van der Waals surface area contributed by atoms with Gasteiger partial charge in [-0.1, -0.05) is 19.1 Å². The second kappa shape index (κ2) is 9.25. The molecular formula is C16H23BrClN3O2. The third-order valence-corrected chi connectivity index (χ3v) is 4.78. The van der Waals surface area contributed by atoms with Gasteiger partial charge in [-0.15, -0.1) is 12.4 Å². The number of likely N-dealkylation sites (tertiary alicyclic amines) is 1. The molecular weight excluding hydrogens is 382 g/mol. The smallest absolute Gasteiger partial charge is 0.227 e. The second-order valence-electron chi connectivity index (χ2n) is 5.71. The standard InChI is InChI=1S/C16H22BrN3O2.ClH/c1-11(10-18)16(22)20-8-6-12(7-9-20)15(21)19-14-5-3-2-4-13(14)17;/h2-5,11-12H,6-10,18H2,1H3,(H,19,21);1H. The van der Waals surface area contributed by atoms with Crippen molar-refractivity contribution >= 4 is 45.8 Å². The van der Waals surface area contributed by atoms with E-state index in [1.165, 1.54) is 0 Å². The number of nitrogens with zero attached hydrogens (tertiary/aromatic N) is 1. The van der Waals surface area contributed by atoms with E-state index in [0.717, 1.165) is 10.2 Å². The zero-order valence-corrected chi connectivity index (χ0v) is 15.5. The molecule has 1 saturated heterocycles. The maximum Gasteiger partial charge on any atom is 0.227 e. The van der Waals surface area contributed by atoms with Crippen molar-refractivity contribution in [2.24, 2.45) is 17.6 Å². The summed E-state index contributed by atoms with van der Waals surface area (Å²) in [6.45, 7) is 3.45. The highest BCUT2D eigenvalue weighted by molar-refractivity contribution is 9.10. The second-order valence-corrected chi connectivity index (χ2v) is 6.56. The molecule has 0 saturated carbocycles. The number of nitrogens with two attached hydrogens (primary N) is 1. The zero-order chi connectivity index (χ0) is 16.1. The van der Waals surface area contributed by atoms with Gasteiger partial charge < -0.3 is 16.0 Å². The van der Waals surface area contributed by atoms with Crippen LogP contribution in [0.4, 0.5) is 5.69 Å². The van der Waals surface area contributed by atoms with Crippen LogP contribution in [0, 0.1) is 11.8 Å². The Balaban J connectivity index is 0.00000264. The quantitative estimate of drug-likeness (QED) is 0.810. The van der Waals surface area contributed by atoms with Crippen LogP contribution >= 0.6 is 28.3 Å². The van der Waals surface area contributed by atoms with Crippen LogP contribution in [0.2, 0.25) is 0 Å². The molecule has 1 aromatic carbocycles. The highest BCUT2D eigenvalue weighted by Crippen LogP contribution is 2.24. The summed E-state index contributed by atoms with van der Waals surface area (Å²) in [5, 5.41) is 2.95. The molecule has 2 amide bonds. The van der Waals surface area contributed by atoms with E-state index in [2.05, 4.69) is 21.2 Å². The van der Waals surface area contributed by atoms with Gasteiger partial charge in [0.15, 0.2) is 0 Å². The molecule has 1 aliphatic rings. The Morgan fingerprint density at radius 3 is 2.52 bits per heavy atom. The van der Waals surface area contributed by atoms with Crippen LogP contribution in [0.25, 0.3) is 0 Å². The van der Waals surface area contributed by atoms with Crippen LogP contribution in [0.15, 0.2) is 28.7 Å². The van der Waals surface area contributed by atoms with Gasteiger partial charge in [0.1, 0.15) is 0 Å². The van der Waals surface area contributed by atoms with E-state index >= 15 is 0 Å². The van der Waals surface area contributed by atoms with Crippen molar-refractivity contribution in [2.45, 2.75) is 19.8 Å². The van der Waals surface area contributed by atoms with E-state index in [0.29, 0.717) is 32.5 Å². The molecule has 0 radical (unpaired) electrons. The Kier molecular flexibility index (Phi) is 8.02. The van der Waals surface area contributed by atoms with Gasteiger partial charge >= 0.3 is 0 Å². The fraction of sp³-hybridized carbons (Fsp3) is 0.500. The first-order chi connectivity index (χ1) is 10.5. The number of nitrogens with one attached hydrogen (secondary N) is 1. The first kappa shape index (κ1) is 19.9. The van der Waals surface area contributed by atoms with E-state index in [-0.39, 0.29) is 36.1 Å². The largest absolute Gasteiger partial charge is 0.342 e. The van der Waals surface area contributed by atoms with E-state index < -0.39 is 0 Å². The molecule has 1 heterocycles. The first-order valence-electron chi connectivity index (χ1n) is 7.57. The van der Waals surface area contributed by atoms with Gasteiger partial charge in [0.2, 0.25) is 11.8 Å². The van der Waals surface area contributed by atoms with Crippen molar-refractivity contribution in [3.63, 3.8) is 0 Å². The van der Waals surface area contributed by atoms with Crippen molar-refractivity contribution in [2.75, 3.05) is 25.0 Å². The summed E-state index contributed by atoms with van der Waals surface area (Å²) in [5.74, 6) is -0.0898. The minimum Gasteiger partial charge on any atom is -0.342 e. The predicted molar refractivity (Wildman–Crippen MR) is 97.5 cm³/mol. The monoisotopic (exact) mass is 403 g/mol. The maximum absolute atomic E-state index is 12.3. The fourth-order valence-corrected chi connectivity index (χ4v) is 2.96. The molecule has 1 atom stereocenters. The Morgan fingerprint density at radius 1 is 1.35 bits per heavy atom. The molecule has 1 unspecified atom stereocenters. The van der Waals surface area contributed by atoms with Crippen LogP contribution in [-0.2, 0) is 9.59 Å². The van der Waals surface area contributed by atoms with Crippen LogP contribution in [0.5, 0.6) is 0 Å². The zero-order valence-electron chi connectivity index (χ0n) is 13.1. The molecule has 1 fully saturated rings. The van der Waals surface area contributed by atoms with Crippen molar-refractivity contribution in [1.82, 2.24) is 4.90 Å². The average molecular weight is 405 g/mol. The molecule has 7 heteroatoms. The third-order valence-electron chi connectivity index (χ3n) is 4.08. The number of carbonyl (C=O) groups excluding carboxylic acids is 2.